The Hall–Kier alpha value is -4.18. The lowest BCUT2D eigenvalue weighted by atomic mass is 10.0. The van der Waals surface area contributed by atoms with E-state index < -0.39 is 0 Å². The second kappa shape index (κ2) is 6.71. The van der Waals surface area contributed by atoms with Gasteiger partial charge in [-0.1, -0.05) is 66.7 Å². The van der Waals surface area contributed by atoms with Gasteiger partial charge < -0.3 is 9.40 Å². The summed E-state index contributed by atoms with van der Waals surface area (Å²) in [6, 6.07) is 32.9. The second-order valence-corrected chi connectivity index (χ2v) is 7.25. The van der Waals surface area contributed by atoms with Crippen LogP contribution in [0.25, 0.3) is 55.8 Å². The number of rotatable bonds is 3. The van der Waals surface area contributed by atoms with Crippen LogP contribution in [-0.2, 0) is 0 Å². The molecule has 4 heteroatoms. The van der Waals surface area contributed by atoms with Gasteiger partial charge in [0.2, 0.25) is 11.8 Å². The Balaban J connectivity index is 1.39. The van der Waals surface area contributed by atoms with Crippen molar-refractivity contribution in [3.63, 3.8) is 0 Å². The lowest BCUT2D eigenvalue weighted by molar-refractivity contribution is 0.584. The fraction of sp³-hybridized carbons (Fsp3) is 0. The second-order valence-electron chi connectivity index (χ2n) is 7.25. The van der Waals surface area contributed by atoms with Gasteiger partial charge in [-0.3, -0.25) is 0 Å². The molecule has 0 saturated heterocycles. The first-order valence-corrected chi connectivity index (χ1v) is 9.86. The van der Waals surface area contributed by atoms with Crippen LogP contribution in [0, 0.1) is 0 Å². The third-order valence-electron chi connectivity index (χ3n) is 5.43. The molecule has 0 spiro atoms. The van der Waals surface area contributed by atoms with Gasteiger partial charge >= 0.3 is 0 Å². The van der Waals surface area contributed by atoms with Gasteiger partial charge in [-0.15, -0.1) is 10.2 Å². The van der Waals surface area contributed by atoms with Crippen molar-refractivity contribution in [1.29, 1.82) is 0 Å². The van der Waals surface area contributed by atoms with Gasteiger partial charge in [0.1, 0.15) is 0 Å². The number of H-pyrrole nitrogens is 1. The number of hydrogen-bond acceptors (Lipinski definition) is 3. The van der Waals surface area contributed by atoms with Crippen molar-refractivity contribution in [2.24, 2.45) is 0 Å². The minimum absolute atomic E-state index is 0.518. The van der Waals surface area contributed by atoms with Crippen LogP contribution in [0.3, 0.4) is 0 Å². The highest BCUT2D eigenvalue weighted by molar-refractivity contribution is 6.11. The molecule has 1 N–H and O–H groups in total. The molecule has 0 aliphatic carbocycles. The van der Waals surface area contributed by atoms with Crippen molar-refractivity contribution in [3.8, 4) is 34.0 Å². The number of benzene rings is 4. The number of nitrogens with zero attached hydrogens (tertiary/aromatic N) is 2. The average Bonchev–Trinajstić information content (AvgIpc) is 3.45. The lowest BCUT2D eigenvalue weighted by Crippen LogP contribution is -1.82. The maximum Gasteiger partial charge on any atom is 0.248 e. The highest BCUT2D eigenvalue weighted by Crippen LogP contribution is 2.34. The molecule has 0 saturated carbocycles. The minimum Gasteiger partial charge on any atom is -0.416 e. The zero-order chi connectivity index (χ0) is 19.9. The summed E-state index contributed by atoms with van der Waals surface area (Å²) in [6.07, 6.45) is 0. The standard InChI is InChI=1S/C26H17N3O/c1-2-7-18(8-3-1)25-28-29-26(30-25)19-15-13-17(14-16-19)20-10-6-11-22-21-9-4-5-12-23(21)27-24(20)22/h1-16,27H. The fourth-order valence-corrected chi connectivity index (χ4v) is 3.94. The van der Waals surface area contributed by atoms with E-state index in [9.17, 15) is 0 Å². The van der Waals surface area contributed by atoms with Gasteiger partial charge in [0.15, 0.2) is 0 Å². The van der Waals surface area contributed by atoms with Crippen LogP contribution in [0.4, 0.5) is 0 Å². The summed E-state index contributed by atoms with van der Waals surface area (Å²) in [5.74, 6) is 1.04. The summed E-state index contributed by atoms with van der Waals surface area (Å²) >= 11 is 0. The summed E-state index contributed by atoms with van der Waals surface area (Å²) in [6.45, 7) is 0. The minimum atomic E-state index is 0.518. The average molecular weight is 387 g/mol. The van der Waals surface area contributed by atoms with E-state index in [1.54, 1.807) is 0 Å². The number of fused-ring (bicyclic) bond motifs is 3. The van der Waals surface area contributed by atoms with Gasteiger partial charge in [-0.2, -0.15) is 0 Å². The summed E-state index contributed by atoms with van der Waals surface area (Å²) in [4.78, 5) is 3.57. The number of aromatic nitrogens is 3. The van der Waals surface area contributed by atoms with Crippen molar-refractivity contribution in [1.82, 2.24) is 15.2 Å². The highest BCUT2D eigenvalue weighted by atomic mass is 16.4. The molecular weight excluding hydrogens is 370 g/mol. The first-order valence-electron chi connectivity index (χ1n) is 9.86. The summed E-state index contributed by atoms with van der Waals surface area (Å²) in [7, 11) is 0. The SMILES string of the molecule is c1ccc(-c2nnc(-c3ccc(-c4cccc5c4[nH]c4ccccc45)cc3)o2)cc1. The molecule has 4 nitrogen and oxygen atoms in total. The van der Waals surface area contributed by atoms with Gasteiger partial charge in [0, 0.05) is 33.0 Å². The summed E-state index contributed by atoms with van der Waals surface area (Å²) < 4.78 is 5.88. The van der Waals surface area contributed by atoms with Crippen molar-refractivity contribution in [2.75, 3.05) is 0 Å². The Morgan fingerprint density at radius 3 is 1.97 bits per heavy atom. The number of hydrogen-bond donors (Lipinski definition) is 1. The first-order chi connectivity index (χ1) is 14.9. The van der Waals surface area contributed by atoms with Crippen LogP contribution in [0.15, 0.2) is 101 Å². The van der Waals surface area contributed by atoms with E-state index in [1.165, 1.54) is 16.3 Å². The Bertz CT molecular complexity index is 1480. The molecule has 2 heterocycles. The Kier molecular flexibility index (Phi) is 3.74. The molecule has 0 aliphatic heterocycles. The third kappa shape index (κ3) is 2.70. The topological polar surface area (TPSA) is 54.7 Å². The van der Waals surface area contributed by atoms with Gasteiger partial charge in [-0.25, -0.2) is 0 Å². The van der Waals surface area contributed by atoms with Crippen LogP contribution in [0.1, 0.15) is 0 Å². The number of para-hydroxylation sites is 2. The van der Waals surface area contributed by atoms with Crippen LogP contribution in [0.5, 0.6) is 0 Å². The Morgan fingerprint density at radius 2 is 1.17 bits per heavy atom. The normalized spacial score (nSPS) is 11.3. The van der Waals surface area contributed by atoms with E-state index in [1.807, 2.05) is 42.5 Å². The predicted octanol–water partition coefficient (Wildman–Crippen LogP) is 6.71. The van der Waals surface area contributed by atoms with Gasteiger partial charge in [-0.05, 0) is 35.9 Å². The van der Waals surface area contributed by atoms with Gasteiger partial charge in [0.05, 0.1) is 5.52 Å². The molecule has 0 fully saturated rings. The summed E-state index contributed by atoms with van der Waals surface area (Å²) in [5.41, 5.74) is 6.42. The van der Waals surface area contributed by atoms with Crippen molar-refractivity contribution in [3.05, 3.63) is 97.1 Å². The smallest absolute Gasteiger partial charge is 0.248 e. The Labute approximate surface area is 172 Å². The predicted molar refractivity (Wildman–Crippen MR) is 120 cm³/mol. The molecule has 2 aromatic heterocycles. The fourth-order valence-electron chi connectivity index (χ4n) is 3.94. The maximum absolute atomic E-state index is 5.88. The zero-order valence-electron chi connectivity index (χ0n) is 16.0. The molecule has 4 aromatic carbocycles. The maximum atomic E-state index is 5.88. The van der Waals surface area contributed by atoms with E-state index in [2.05, 4.69) is 69.8 Å². The first kappa shape index (κ1) is 16.7. The molecule has 0 aliphatic rings. The zero-order valence-corrected chi connectivity index (χ0v) is 16.0. The molecule has 142 valence electrons. The van der Waals surface area contributed by atoms with Gasteiger partial charge in [0.25, 0.3) is 0 Å². The highest BCUT2D eigenvalue weighted by Gasteiger charge is 2.12. The van der Waals surface area contributed by atoms with Crippen LogP contribution < -0.4 is 0 Å². The van der Waals surface area contributed by atoms with Crippen molar-refractivity contribution in [2.45, 2.75) is 0 Å². The van der Waals surface area contributed by atoms with Crippen LogP contribution >= 0.6 is 0 Å². The molecule has 0 amide bonds. The molecule has 0 unspecified atom stereocenters. The molecule has 0 bridgehead atoms. The van der Waals surface area contributed by atoms with Crippen LogP contribution in [-0.4, -0.2) is 15.2 Å². The van der Waals surface area contributed by atoms with Crippen molar-refractivity contribution >= 4 is 21.8 Å². The largest absolute Gasteiger partial charge is 0.416 e. The van der Waals surface area contributed by atoms with E-state index in [-0.39, 0.29) is 0 Å². The Morgan fingerprint density at radius 1 is 0.533 bits per heavy atom. The molecule has 0 radical (unpaired) electrons. The third-order valence-corrected chi connectivity index (χ3v) is 5.43. The molecular formula is C26H17N3O. The van der Waals surface area contributed by atoms with E-state index in [4.69, 9.17) is 4.42 Å². The van der Waals surface area contributed by atoms with Crippen molar-refractivity contribution < 1.29 is 4.42 Å². The number of aromatic amines is 1. The van der Waals surface area contributed by atoms with E-state index >= 15 is 0 Å². The molecule has 6 aromatic rings. The van der Waals surface area contributed by atoms with E-state index in [0.717, 1.165) is 27.7 Å². The quantitative estimate of drug-likeness (QED) is 0.367. The lowest BCUT2D eigenvalue weighted by Gasteiger charge is -2.04. The molecule has 30 heavy (non-hydrogen) atoms. The molecule has 6 rings (SSSR count). The van der Waals surface area contributed by atoms with E-state index in [0.29, 0.717) is 11.8 Å². The summed E-state index contributed by atoms with van der Waals surface area (Å²) in [5, 5.41) is 10.9. The molecule has 0 atom stereocenters. The number of nitrogens with one attached hydrogen (secondary N) is 1. The monoisotopic (exact) mass is 387 g/mol. The van der Waals surface area contributed by atoms with Crippen LogP contribution in [0.2, 0.25) is 0 Å².